The smallest absolute Gasteiger partial charge is 0.330 e. The first-order valence-electron chi connectivity index (χ1n) is 17.7. The third kappa shape index (κ3) is 14.3. The van der Waals surface area contributed by atoms with Gasteiger partial charge in [0, 0.05) is 24.7 Å². The lowest BCUT2D eigenvalue weighted by molar-refractivity contribution is -0.143. The summed E-state index contributed by atoms with van der Waals surface area (Å²) < 4.78 is 17.1. The van der Waals surface area contributed by atoms with Crippen molar-refractivity contribution in [2.75, 3.05) is 37.8 Å². The van der Waals surface area contributed by atoms with E-state index in [2.05, 4.69) is 36.9 Å². The summed E-state index contributed by atoms with van der Waals surface area (Å²) in [6, 6.07) is 17.4. The first-order chi connectivity index (χ1) is 25.0. The highest BCUT2D eigenvalue weighted by Crippen LogP contribution is 2.39. The van der Waals surface area contributed by atoms with Crippen LogP contribution in [-0.2, 0) is 19.1 Å². The number of fused-ring (bicyclic) bond motifs is 1. The van der Waals surface area contributed by atoms with Gasteiger partial charge in [-0.05, 0) is 74.4 Å². The molecule has 0 radical (unpaired) electrons. The molecule has 2 heterocycles. The van der Waals surface area contributed by atoms with E-state index in [-0.39, 0.29) is 5.97 Å². The summed E-state index contributed by atoms with van der Waals surface area (Å²) in [6.07, 6.45) is 12.1. The number of carbonyl (C=O) groups excluding carboxylic acids is 2. The number of carbonyl (C=O) groups is 2. The number of anilines is 1. The number of thiophene rings is 1. The van der Waals surface area contributed by atoms with Gasteiger partial charge in [-0.3, -0.25) is 4.79 Å². The fraction of sp³-hybridized carbons (Fsp3) is 0.447. The van der Waals surface area contributed by atoms with Gasteiger partial charge in [-0.1, -0.05) is 81.1 Å². The summed E-state index contributed by atoms with van der Waals surface area (Å²) in [5, 5.41) is 18.8. The minimum Gasteiger partial charge on any atom is -0.494 e. The van der Waals surface area contributed by atoms with Crippen LogP contribution in [0.5, 0.6) is 5.75 Å². The van der Waals surface area contributed by atoms with Gasteiger partial charge in [-0.2, -0.15) is 0 Å². The van der Waals surface area contributed by atoms with Crippen LogP contribution in [0.3, 0.4) is 0 Å². The van der Waals surface area contributed by atoms with E-state index in [9.17, 15) is 9.59 Å². The Morgan fingerprint density at radius 2 is 1.39 bits per heavy atom. The Balaban J connectivity index is 1.11. The standard InChI is InChI=1S/C38H48N6O5S2/c1-4-35(45)48-26-15-13-11-9-7-8-10-12-14-25-47-32-22-18-30(19-23-32)40-42-34-28-33-37(51-34)39-38(50-33)43-41-29-16-20-31(21-17-29)44(6-3)24-27-49-36(46)5-2/h5,16-23,28H,2,4,6-15,24-27H2,1,3H3. The van der Waals surface area contributed by atoms with Crippen LogP contribution in [0.4, 0.5) is 27.2 Å². The van der Waals surface area contributed by atoms with Gasteiger partial charge in [0.25, 0.3) is 0 Å². The van der Waals surface area contributed by atoms with Gasteiger partial charge in [0.05, 0.1) is 35.8 Å². The van der Waals surface area contributed by atoms with Gasteiger partial charge in [-0.15, -0.1) is 20.5 Å². The highest BCUT2D eigenvalue weighted by atomic mass is 32.1. The molecule has 0 bridgehead atoms. The Hall–Kier alpha value is -4.49. The molecule has 2 aromatic heterocycles. The van der Waals surface area contributed by atoms with Gasteiger partial charge in [0.15, 0.2) is 0 Å². The van der Waals surface area contributed by atoms with E-state index in [0.29, 0.717) is 37.9 Å². The van der Waals surface area contributed by atoms with Gasteiger partial charge in [0.1, 0.15) is 22.2 Å². The van der Waals surface area contributed by atoms with E-state index in [0.717, 1.165) is 63.2 Å². The molecule has 4 aromatic rings. The Labute approximate surface area is 308 Å². The predicted molar refractivity (Wildman–Crippen MR) is 206 cm³/mol. The number of hydrogen-bond acceptors (Lipinski definition) is 13. The number of rotatable bonds is 24. The lowest BCUT2D eigenvalue weighted by atomic mass is 10.1. The summed E-state index contributed by atoms with van der Waals surface area (Å²) in [4.78, 5) is 30.0. The molecule has 51 heavy (non-hydrogen) atoms. The van der Waals surface area contributed by atoms with Gasteiger partial charge >= 0.3 is 11.9 Å². The zero-order valence-electron chi connectivity index (χ0n) is 29.6. The Kier molecular flexibility index (Phi) is 17.2. The van der Waals surface area contributed by atoms with E-state index in [1.54, 1.807) is 0 Å². The number of azo groups is 2. The summed E-state index contributed by atoms with van der Waals surface area (Å²) in [5.41, 5.74) is 2.48. The van der Waals surface area contributed by atoms with Crippen molar-refractivity contribution in [1.82, 2.24) is 4.98 Å². The van der Waals surface area contributed by atoms with E-state index in [1.165, 1.54) is 67.3 Å². The van der Waals surface area contributed by atoms with E-state index < -0.39 is 5.97 Å². The third-order valence-electron chi connectivity index (χ3n) is 7.89. The Morgan fingerprint density at radius 1 is 0.765 bits per heavy atom. The number of hydrogen-bond donors (Lipinski definition) is 0. The molecule has 2 aromatic carbocycles. The molecule has 0 spiro atoms. The third-order valence-corrected chi connectivity index (χ3v) is 9.82. The largest absolute Gasteiger partial charge is 0.494 e. The molecular weight excluding hydrogens is 685 g/mol. The average Bonchev–Trinajstić information content (AvgIpc) is 3.73. The molecule has 0 saturated carbocycles. The van der Waals surface area contributed by atoms with Crippen LogP contribution < -0.4 is 9.64 Å². The summed E-state index contributed by atoms with van der Waals surface area (Å²) >= 11 is 2.92. The molecule has 0 N–H and O–H groups in total. The molecule has 0 aliphatic carbocycles. The second kappa shape index (κ2) is 22.4. The van der Waals surface area contributed by atoms with E-state index in [4.69, 9.17) is 14.2 Å². The van der Waals surface area contributed by atoms with Crippen LogP contribution in [-0.4, -0.2) is 49.8 Å². The zero-order valence-corrected chi connectivity index (χ0v) is 31.3. The zero-order chi connectivity index (χ0) is 36.1. The highest BCUT2D eigenvalue weighted by Gasteiger charge is 2.09. The second-order valence-electron chi connectivity index (χ2n) is 11.7. The lowest BCUT2D eigenvalue weighted by Gasteiger charge is -2.22. The molecular formula is C38H48N6O5S2. The minimum absolute atomic E-state index is 0.104. The normalized spacial score (nSPS) is 11.4. The fourth-order valence-electron chi connectivity index (χ4n) is 5.06. The molecule has 4 rings (SSSR count). The van der Waals surface area contributed by atoms with E-state index >= 15 is 0 Å². The van der Waals surface area contributed by atoms with Crippen LogP contribution in [0.2, 0.25) is 0 Å². The summed E-state index contributed by atoms with van der Waals surface area (Å²) in [5.74, 6) is 0.312. The molecule has 272 valence electrons. The highest BCUT2D eigenvalue weighted by molar-refractivity contribution is 7.30. The first-order valence-corrected chi connectivity index (χ1v) is 19.4. The molecule has 0 atom stereocenters. The Bertz CT molecular complexity index is 1670. The van der Waals surface area contributed by atoms with Gasteiger partial charge < -0.3 is 19.1 Å². The number of aromatic nitrogens is 1. The molecule has 0 unspecified atom stereocenters. The number of ether oxygens (including phenoxy) is 3. The van der Waals surface area contributed by atoms with Gasteiger partial charge in [-0.25, -0.2) is 9.78 Å². The molecule has 11 nitrogen and oxygen atoms in total. The van der Waals surface area contributed by atoms with Crippen LogP contribution in [0.25, 0.3) is 9.53 Å². The predicted octanol–water partition coefficient (Wildman–Crippen LogP) is 11.6. The van der Waals surface area contributed by atoms with Crippen molar-refractivity contribution in [3.63, 3.8) is 0 Å². The quantitative estimate of drug-likeness (QED) is 0.0303. The monoisotopic (exact) mass is 732 g/mol. The molecule has 13 heteroatoms. The molecule has 0 saturated heterocycles. The maximum Gasteiger partial charge on any atom is 0.330 e. The topological polar surface area (TPSA) is 127 Å². The molecule has 0 aliphatic heterocycles. The van der Waals surface area contributed by atoms with Crippen LogP contribution >= 0.6 is 22.7 Å². The van der Waals surface area contributed by atoms with Crippen LogP contribution in [0.15, 0.2) is 87.7 Å². The maximum absolute atomic E-state index is 11.3. The van der Waals surface area contributed by atoms with Gasteiger partial charge in [0.2, 0.25) is 5.13 Å². The molecule has 0 fully saturated rings. The second-order valence-corrected chi connectivity index (χ2v) is 13.7. The minimum atomic E-state index is -0.421. The molecule has 0 aliphatic rings. The number of unbranched alkanes of at least 4 members (excludes halogenated alkanes) is 8. The average molecular weight is 733 g/mol. The fourth-order valence-corrected chi connectivity index (χ4v) is 6.90. The van der Waals surface area contributed by atoms with E-state index in [1.807, 2.05) is 68.4 Å². The Morgan fingerprint density at radius 3 is 2.02 bits per heavy atom. The number of benzene rings is 2. The number of thiazole rings is 1. The maximum atomic E-state index is 11.3. The van der Waals surface area contributed by atoms with Crippen LogP contribution in [0.1, 0.15) is 78.1 Å². The van der Waals surface area contributed by atoms with Crippen molar-refractivity contribution >= 4 is 71.3 Å². The van der Waals surface area contributed by atoms with Crippen molar-refractivity contribution in [3.8, 4) is 5.75 Å². The summed E-state index contributed by atoms with van der Waals surface area (Å²) in [7, 11) is 0. The van der Waals surface area contributed by atoms with Crippen molar-refractivity contribution in [2.45, 2.75) is 78.1 Å². The lowest BCUT2D eigenvalue weighted by Crippen LogP contribution is -2.27. The van der Waals surface area contributed by atoms with Crippen molar-refractivity contribution in [2.24, 2.45) is 20.5 Å². The first kappa shape index (κ1) is 39.3. The number of esters is 2. The van der Waals surface area contributed by atoms with Crippen molar-refractivity contribution in [1.29, 1.82) is 0 Å². The SMILES string of the molecule is C=CC(=O)OCCN(CC)c1ccc(N=Nc2nc3sc(N=Nc4ccc(OCCCCCCCCCCCOC(=O)CC)cc4)cc3s2)cc1. The van der Waals surface area contributed by atoms with Crippen molar-refractivity contribution in [3.05, 3.63) is 67.3 Å². The summed E-state index contributed by atoms with van der Waals surface area (Å²) in [6.45, 7) is 10.2. The number of likely N-dealkylation sites (N-methyl/N-ethyl adjacent to an activating group) is 1. The molecule has 0 amide bonds. The number of nitrogens with zero attached hydrogens (tertiary/aromatic N) is 6. The van der Waals surface area contributed by atoms with Crippen LogP contribution in [0, 0.1) is 0 Å². The van der Waals surface area contributed by atoms with Crippen molar-refractivity contribution < 1.29 is 23.8 Å².